The highest BCUT2D eigenvalue weighted by Gasteiger charge is 2.06. The summed E-state index contributed by atoms with van der Waals surface area (Å²) in [6.45, 7) is 4.60. The fraction of sp³-hybridized carbons (Fsp3) is 0.875. The molecule has 170 valence electrons. The molecule has 4 N–H and O–H groups in total. The van der Waals surface area contributed by atoms with Gasteiger partial charge in [-0.25, -0.2) is 0 Å². The van der Waals surface area contributed by atoms with Gasteiger partial charge in [0.25, 0.3) is 0 Å². The average Bonchev–Trinajstić information content (AvgIpc) is 2.91. The van der Waals surface area contributed by atoms with E-state index in [1.54, 1.807) is 0 Å². The predicted molar refractivity (Wildman–Crippen MR) is 109 cm³/mol. The van der Waals surface area contributed by atoms with Crippen molar-refractivity contribution in [1.29, 1.82) is 0 Å². The van der Waals surface area contributed by atoms with Gasteiger partial charge in [-0.05, 0) is 6.42 Å². The summed E-state index contributed by atoms with van der Waals surface area (Å²) in [5.74, 6) is 0. The zero-order valence-electron chi connectivity index (χ0n) is 16.8. The van der Waals surface area contributed by atoms with Gasteiger partial charge in [0.2, 0.25) is 0 Å². The Morgan fingerprint density at radius 2 is 1.07 bits per heavy atom. The second-order valence-electron chi connectivity index (χ2n) is 6.59. The van der Waals surface area contributed by atoms with Gasteiger partial charge in [-0.3, -0.25) is 18.2 Å². The fourth-order valence-electron chi connectivity index (χ4n) is 2.54. The van der Waals surface area contributed by atoms with Crippen LogP contribution in [0.15, 0.2) is 12.4 Å². The third-order valence-corrected chi connectivity index (χ3v) is 3.74. The first-order chi connectivity index (χ1) is 12.8. The second kappa shape index (κ2) is 17.0. The summed E-state index contributed by atoms with van der Waals surface area (Å²) in [7, 11) is -7.20. The van der Waals surface area contributed by atoms with Crippen molar-refractivity contribution in [2.24, 2.45) is 0 Å². The monoisotopic (exact) mass is 448 g/mol. The molecule has 1 rings (SSSR count). The molecule has 0 aromatic heterocycles. The Bertz CT molecular complexity index is 548. The zero-order chi connectivity index (χ0) is 22.1. The average molecular weight is 449 g/mol. The maximum absolute atomic E-state index is 8.74. The number of rotatable bonds is 11. The van der Waals surface area contributed by atoms with Crippen LogP contribution < -0.4 is 0 Å². The van der Waals surface area contributed by atoms with E-state index in [1.165, 1.54) is 70.8 Å². The number of nitrogens with zero attached hydrogens (tertiary/aromatic N) is 2. The molecule has 10 nitrogen and oxygen atoms in total. The molecular weight excluding hydrogens is 412 g/mol. The molecule has 0 bridgehead atoms. The summed E-state index contributed by atoms with van der Waals surface area (Å²) in [5.41, 5.74) is 0. The summed E-state index contributed by atoms with van der Waals surface area (Å²) in [5, 5.41) is 0. The molecule has 0 atom stereocenters. The fourth-order valence-corrected chi connectivity index (χ4v) is 2.54. The van der Waals surface area contributed by atoms with Crippen molar-refractivity contribution in [3.05, 3.63) is 12.4 Å². The molecule has 0 amide bonds. The molecule has 0 aromatic rings. The van der Waals surface area contributed by atoms with E-state index in [2.05, 4.69) is 36.2 Å². The maximum atomic E-state index is 8.74. The van der Waals surface area contributed by atoms with E-state index >= 15 is 0 Å². The SMILES string of the molecule is CCCCCCCCCCCCN1C=CN(C)C1.O=S(=O)(O)O.O=S(=O)(O)O. The molecule has 0 fully saturated rings. The molecule has 0 saturated carbocycles. The van der Waals surface area contributed by atoms with Gasteiger partial charge in [0.05, 0.1) is 6.67 Å². The molecule has 0 radical (unpaired) electrons. The lowest BCUT2D eigenvalue weighted by Crippen LogP contribution is -2.23. The van der Waals surface area contributed by atoms with Gasteiger partial charge in [0.1, 0.15) is 0 Å². The minimum Gasteiger partial charge on any atom is -0.362 e. The van der Waals surface area contributed by atoms with Gasteiger partial charge < -0.3 is 9.80 Å². The van der Waals surface area contributed by atoms with Gasteiger partial charge in [-0.1, -0.05) is 64.7 Å². The van der Waals surface area contributed by atoms with E-state index in [0.717, 1.165) is 6.67 Å². The van der Waals surface area contributed by atoms with Crippen molar-refractivity contribution in [3.63, 3.8) is 0 Å². The third-order valence-electron chi connectivity index (χ3n) is 3.74. The van der Waals surface area contributed by atoms with Gasteiger partial charge in [-0.2, -0.15) is 16.8 Å². The largest absolute Gasteiger partial charge is 0.394 e. The highest BCUT2D eigenvalue weighted by Crippen LogP contribution is 2.11. The van der Waals surface area contributed by atoms with Crippen LogP contribution in [0.5, 0.6) is 0 Å². The lowest BCUT2D eigenvalue weighted by molar-refractivity contribution is 0.290. The predicted octanol–water partition coefficient (Wildman–Crippen LogP) is 3.28. The van der Waals surface area contributed by atoms with Crippen LogP contribution in [0.25, 0.3) is 0 Å². The van der Waals surface area contributed by atoms with Crippen molar-refractivity contribution in [3.8, 4) is 0 Å². The molecule has 0 aromatic carbocycles. The van der Waals surface area contributed by atoms with E-state index in [4.69, 9.17) is 35.0 Å². The molecule has 28 heavy (non-hydrogen) atoms. The lowest BCUT2D eigenvalue weighted by atomic mass is 10.1. The molecule has 0 aliphatic carbocycles. The number of hydrogen-bond donors (Lipinski definition) is 4. The van der Waals surface area contributed by atoms with E-state index in [9.17, 15) is 0 Å². The molecular formula is C16H36N2O8S2. The van der Waals surface area contributed by atoms with Gasteiger partial charge >= 0.3 is 20.8 Å². The van der Waals surface area contributed by atoms with Gasteiger partial charge in [0, 0.05) is 26.0 Å². The minimum absolute atomic E-state index is 1.08. The summed E-state index contributed by atoms with van der Waals surface area (Å²) in [6, 6.07) is 0. The van der Waals surface area contributed by atoms with E-state index in [1.807, 2.05) is 0 Å². The summed E-state index contributed by atoms with van der Waals surface area (Å²) in [4.78, 5) is 4.64. The van der Waals surface area contributed by atoms with Crippen LogP contribution in [0.3, 0.4) is 0 Å². The van der Waals surface area contributed by atoms with Crippen molar-refractivity contribution in [2.45, 2.75) is 71.1 Å². The smallest absolute Gasteiger partial charge is 0.362 e. The van der Waals surface area contributed by atoms with E-state index < -0.39 is 20.8 Å². The van der Waals surface area contributed by atoms with Crippen molar-refractivity contribution >= 4 is 20.8 Å². The van der Waals surface area contributed by atoms with Crippen LogP contribution in [0.1, 0.15) is 71.1 Å². The van der Waals surface area contributed by atoms with Crippen molar-refractivity contribution < 1.29 is 35.0 Å². The first kappa shape index (κ1) is 29.3. The molecule has 1 aliphatic rings. The second-order valence-corrected chi connectivity index (χ2v) is 8.38. The first-order valence-corrected chi connectivity index (χ1v) is 12.1. The van der Waals surface area contributed by atoms with Crippen molar-refractivity contribution in [1.82, 2.24) is 9.80 Å². The first-order valence-electron chi connectivity index (χ1n) is 9.35. The Kier molecular flexibility index (Phi) is 17.8. The number of hydrogen-bond acceptors (Lipinski definition) is 6. The number of unbranched alkanes of at least 4 members (excludes halogenated alkanes) is 9. The molecule has 0 unspecified atom stereocenters. The van der Waals surface area contributed by atoms with Crippen LogP contribution in [0, 0.1) is 0 Å². The van der Waals surface area contributed by atoms with Crippen molar-refractivity contribution in [2.75, 3.05) is 20.3 Å². The third kappa shape index (κ3) is 36.1. The Labute approximate surface area is 169 Å². The van der Waals surface area contributed by atoms with Crippen LogP contribution in [-0.4, -0.2) is 65.1 Å². The topological polar surface area (TPSA) is 156 Å². The van der Waals surface area contributed by atoms with E-state index in [0.29, 0.717) is 0 Å². The quantitative estimate of drug-likeness (QED) is 0.273. The Morgan fingerprint density at radius 3 is 1.39 bits per heavy atom. The van der Waals surface area contributed by atoms with Crippen LogP contribution in [0.4, 0.5) is 0 Å². The van der Waals surface area contributed by atoms with Gasteiger partial charge in [0.15, 0.2) is 0 Å². The molecule has 12 heteroatoms. The van der Waals surface area contributed by atoms with E-state index in [-0.39, 0.29) is 0 Å². The maximum Gasteiger partial charge on any atom is 0.394 e. The lowest BCUT2D eigenvalue weighted by Gasteiger charge is -2.17. The zero-order valence-corrected chi connectivity index (χ0v) is 18.4. The van der Waals surface area contributed by atoms with Gasteiger partial charge in [-0.15, -0.1) is 0 Å². The molecule has 1 heterocycles. The standard InChI is InChI=1S/C16H32N2.2H2O4S/c1-3-4-5-6-7-8-9-10-11-12-13-18-15-14-17(2)16-18;2*1-5(2,3)4/h14-15H,3-13,16H2,1-2H3;2*(H2,1,2,3,4). The molecule has 0 saturated heterocycles. The summed E-state index contributed by atoms with van der Waals surface area (Å²) < 4.78 is 63.2. The highest BCUT2D eigenvalue weighted by atomic mass is 32.3. The van der Waals surface area contributed by atoms with Crippen LogP contribution in [-0.2, 0) is 20.8 Å². The molecule has 0 spiro atoms. The van der Waals surface area contributed by atoms with Crippen LogP contribution >= 0.6 is 0 Å². The Hall–Kier alpha value is -0.920. The Balaban J connectivity index is 0. The highest BCUT2D eigenvalue weighted by molar-refractivity contribution is 7.80. The Morgan fingerprint density at radius 1 is 0.714 bits per heavy atom. The summed E-state index contributed by atoms with van der Waals surface area (Å²) in [6.07, 6.45) is 18.6. The minimum atomic E-state index is -4.67. The molecule has 1 aliphatic heterocycles. The normalized spacial score (nSPS) is 13.6. The summed E-state index contributed by atoms with van der Waals surface area (Å²) >= 11 is 0. The van der Waals surface area contributed by atoms with Crippen LogP contribution in [0.2, 0.25) is 0 Å².